The molecule has 0 atom stereocenters. The van der Waals surface area contributed by atoms with Crippen LogP contribution in [0.1, 0.15) is 23.2 Å². The van der Waals surface area contributed by atoms with Gasteiger partial charge < -0.3 is 15.3 Å². The van der Waals surface area contributed by atoms with E-state index in [1.165, 1.54) is 18.2 Å². The zero-order valence-corrected chi connectivity index (χ0v) is 13.0. The van der Waals surface area contributed by atoms with Crippen LogP contribution in [0.25, 0.3) is 0 Å². The third-order valence-electron chi connectivity index (χ3n) is 3.73. The van der Waals surface area contributed by atoms with Gasteiger partial charge in [0, 0.05) is 18.5 Å². The molecule has 3 rings (SSSR count). The average molecular weight is 331 g/mol. The van der Waals surface area contributed by atoms with Crippen LogP contribution >= 0.6 is 11.6 Å². The Bertz CT molecular complexity index is 776. The number of phenols is 1. The van der Waals surface area contributed by atoms with E-state index >= 15 is 0 Å². The number of aromatic hydroxyl groups is 1. The van der Waals surface area contributed by atoms with Gasteiger partial charge >= 0.3 is 0 Å². The Morgan fingerprint density at radius 1 is 1.22 bits per heavy atom. The Labute approximate surface area is 138 Å². The van der Waals surface area contributed by atoms with Crippen LogP contribution in [0.5, 0.6) is 5.75 Å². The first-order chi connectivity index (χ1) is 11.1. The van der Waals surface area contributed by atoms with E-state index in [1.54, 1.807) is 17.0 Å². The summed E-state index contributed by atoms with van der Waals surface area (Å²) < 4.78 is 0. The molecular weight excluding hydrogens is 316 g/mol. The number of nitrogens with zero attached hydrogens (tertiary/aromatic N) is 1. The van der Waals surface area contributed by atoms with Crippen LogP contribution in [0.15, 0.2) is 42.5 Å². The van der Waals surface area contributed by atoms with Gasteiger partial charge in [-0.05, 0) is 36.8 Å². The lowest BCUT2D eigenvalue weighted by Crippen LogP contribution is -2.25. The number of anilines is 2. The lowest BCUT2D eigenvalue weighted by molar-refractivity contribution is -0.117. The molecule has 0 radical (unpaired) electrons. The molecule has 2 aromatic carbocycles. The maximum Gasteiger partial charge on any atom is 0.255 e. The Morgan fingerprint density at radius 2 is 2.00 bits per heavy atom. The Morgan fingerprint density at radius 3 is 2.70 bits per heavy atom. The molecule has 118 valence electrons. The lowest BCUT2D eigenvalue weighted by atomic mass is 10.2. The molecule has 5 nitrogen and oxygen atoms in total. The van der Waals surface area contributed by atoms with E-state index in [0.717, 1.165) is 6.42 Å². The largest absolute Gasteiger partial charge is 0.506 e. The standard InChI is InChI=1S/C17H15ClN2O3/c18-12-10-11(7-8-15(12)21)17(23)19-13-4-1-2-5-14(13)20-9-3-6-16(20)22/h1-2,4-5,7-8,10,21H,3,6,9H2,(H,19,23). The van der Waals surface area contributed by atoms with Gasteiger partial charge in [-0.15, -0.1) is 0 Å². The molecule has 0 aromatic heterocycles. The maximum absolute atomic E-state index is 12.4. The highest BCUT2D eigenvalue weighted by Gasteiger charge is 2.24. The molecule has 6 heteroatoms. The van der Waals surface area contributed by atoms with Crippen LogP contribution < -0.4 is 10.2 Å². The van der Waals surface area contributed by atoms with Crippen molar-refractivity contribution in [2.75, 3.05) is 16.8 Å². The molecule has 1 fully saturated rings. The van der Waals surface area contributed by atoms with Crippen molar-refractivity contribution in [1.29, 1.82) is 0 Å². The smallest absolute Gasteiger partial charge is 0.255 e. The van der Waals surface area contributed by atoms with E-state index < -0.39 is 0 Å². The van der Waals surface area contributed by atoms with Gasteiger partial charge in [0.25, 0.3) is 5.91 Å². The molecule has 0 saturated carbocycles. The molecule has 0 spiro atoms. The predicted molar refractivity (Wildman–Crippen MR) is 89.1 cm³/mol. The number of hydrogen-bond acceptors (Lipinski definition) is 3. The molecule has 1 heterocycles. The van der Waals surface area contributed by atoms with Crippen LogP contribution in [0.2, 0.25) is 5.02 Å². The minimum absolute atomic E-state index is 0.0550. The summed E-state index contributed by atoms with van der Waals surface area (Å²) in [6.07, 6.45) is 1.34. The molecule has 1 aliphatic heterocycles. The first-order valence-electron chi connectivity index (χ1n) is 7.25. The molecule has 0 unspecified atom stereocenters. The van der Waals surface area contributed by atoms with E-state index in [-0.39, 0.29) is 22.6 Å². The zero-order valence-electron chi connectivity index (χ0n) is 12.3. The van der Waals surface area contributed by atoms with Crippen molar-refractivity contribution in [3.63, 3.8) is 0 Å². The number of nitrogens with one attached hydrogen (secondary N) is 1. The number of phenolic OH excluding ortho intramolecular Hbond substituents is 1. The molecule has 2 aromatic rings. The third-order valence-corrected chi connectivity index (χ3v) is 4.03. The van der Waals surface area contributed by atoms with Crippen LogP contribution in [0.3, 0.4) is 0 Å². The van der Waals surface area contributed by atoms with Gasteiger partial charge in [0.1, 0.15) is 5.75 Å². The number of hydrogen-bond donors (Lipinski definition) is 2. The van der Waals surface area contributed by atoms with Gasteiger partial charge in [0.15, 0.2) is 0 Å². The maximum atomic E-state index is 12.4. The summed E-state index contributed by atoms with van der Waals surface area (Å²) in [7, 11) is 0. The van der Waals surface area contributed by atoms with Crippen LogP contribution in [0, 0.1) is 0 Å². The highest BCUT2D eigenvalue weighted by molar-refractivity contribution is 6.32. The minimum atomic E-state index is -0.356. The van der Waals surface area contributed by atoms with E-state index in [2.05, 4.69) is 5.32 Å². The fourth-order valence-electron chi connectivity index (χ4n) is 2.56. The van der Waals surface area contributed by atoms with Gasteiger partial charge in [-0.2, -0.15) is 0 Å². The van der Waals surface area contributed by atoms with Crippen LogP contribution in [-0.2, 0) is 4.79 Å². The number of rotatable bonds is 3. The van der Waals surface area contributed by atoms with Crippen molar-refractivity contribution in [2.24, 2.45) is 0 Å². The molecule has 2 amide bonds. The lowest BCUT2D eigenvalue weighted by Gasteiger charge is -2.20. The number of amides is 2. The summed E-state index contributed by atoms with van der Waals surface area (Å²) in [5.41, 5.74) is 1.58. The number of para-hydroxylation sites is 2. The highest BCUT2D eigenvalue weighted by Crippen LogP contribution is 2.30. The van der Waals surface area contributed by atoms with Crippen molar-refractivity contribution in [3.05, 3.63) is 53.1 Å². The fourth-order valence-corrected chi connectivity index (χ4v) is 2.74. The molecular formula is C17H15ClN2O3. The van der Waals surface area contributed by atoms with Crippen molar-refractivity contribution in [1.82, 2.24) is 0 Å². The Hall–Kier alpha value is -2.53. The second kappa shape index (κ2) is 6.30. The van der Waals surface area contributed by atoms with E-state index in [4.69, 9.17) is 11.6 Å². The first kappa shape index (κ1) is 15.4. The van der Waals surface area contributed by atoms with Crippen molar-refractivity contribution < 1.29 is 14.7 Å². The van der Waals surface area contributed by atoms with E-state index in [9.17, 15) is 14.7 Å². The monoisotopic (exact) mass is 330 g/mol. The summed E-state index contributed by atoms with van der Waals surface area (Å²) in [5.74, 6) is -0.378. The van der Waals surface area contributed by atoms with E-state index in [1.807, 2.05) is 12.1 Å². The van der Waals surface area contributed by atoms with Crippen molar-refractivity contribution in [3.8, 4) is 5.75 Å². The van der Waals surface area contributed by atoms with Crippen molar-refractivity contribution in [2.45, 2.75) is 12.8 Å². The van der Waals surface area contributed by atoms with Crippen molar-refractivity contribution >= 4 is 34.8 Å². The second-order valence-corrected chi connectivity index (χ2v) is 5.69. The van der Waals surface area contributed by atoms with Gasteiger partial charge in [-0.25, -0.2) is 0 Å². The third kappa shape index (κ3) is 3.14. The number of carbonyl (C=O) groups excluding carboxylic acids is 2. The van der Waals surface area contributed by atoms with Gasteiger partial charge in [-0.3, -0.25) is 9.59 Å². The number of halogens is 1. The summed E-state index contributed by atoms with van der Waals surface area (Å²) in [6.45, 7) is 0.650. The molecule has 0 bridgehead atoms. The predicted octanol–water partition coefficient (Wildman–Crippen LogP) is 3.42. The van der Waals surface area contributed by atoms with Crippen LogP contribution in [-0.4, -0.2) is 23.5 Å². The molecule has 1 aliphatic rings. The Balaban J connectivity index is 1.86. The molecule has 23 heavy (non-hydrogen) atoms. The summed E-state index contributed by atoms with van der Waals surface area (Å²) in [4.78, 5) is 26.0. The molecule has 0 aliphatic carbocycles. The average Bonchev–Trinajstić information content (AvgIpc) is 2.96. The SMILES string of the molecule is O=C(Nc1ccccc1N1CCCC1=O)c1ccc(O)c(Cl)c1. The summed E-state index contributed by atoms with van der Waals surface area (Å²) >= 11 is 5.83. The zero-order chi connectivity index (χ0) is 16.4. The Kier molecular flexibility index (Phi) is 4.21. The number of benzene rings is 2. The molecule has 1 saturated heterocycles. The van der Waals surface area contributed by atoms with Gasteiger partial charge in [-0.1, -0.05) is 23.7 Å². The summed E-state index contributed by atoms with van der Waals surface area (Å²) in [5, 5.41) is 12.3. The van der Waals surface area contributed by atoms with Gasteiger partial charge in [0.05, 0.1) is 16.4 Å². The quantitative estimate of drug-likeness (QED) is 0.906. The highest BCUT2D eigenvalue weighted by atomic mass is 35.5. The van der Waals surface area contributed by atoms with Gasteiger partial charge in [0.2, 0.25) is 5.91 Å². The topological polar surface area (TPSA) is 69.6 Å². The number of carbonyl (C=O) groups is 2. The fraction of sp³-hybridized carbons (Fsp3) is 0.176. The molecule has 2 N–H and O–H groups in total. The van der Waals surface area contributed by atoms with Crippen LogP contribution in [0.4, 0.5) is 11.4 Å². The summed E-state index contributed by atoms with van der Waals surface area (Å²) in [6, 6.07) is 11.4. The minimum Gasteiger partial charge on any atom is -0.506 e. The second-order valence-electron chi connectivity index (χ2n) is 5.29. The first-order valence-corrected chi connectivity index (χ1v) is 7.63. The van der Waals surface area contributed by atoms with E-state index in [0.29, 0.717) is 29.9 Å². The normalized spacial score (nSPS) is 14.1.